The highest BCUT2D eigenvalue weighted by Crippen LogP contribution is 2.31. The van der Waals surface area contributed by atoms with Crippen molar-refractivity contribution in [2.75, 3.05) is 37.0 Å². The maximum Gasteiger partial charge on any atom is 0.356 e. The fraction of sp³-hybridized carbons (Fsp3) is 0.412. The summed E-state index contributed by atoms with van der Waals surface area (Å²) in [6, 6.07) is 5.34. The molecule has 3 rings (SSSR count). The lowest BCUT2D eigenvalue weighted by Gasteiger charge is -2.31. The van der Waals surface area contributed by atoms with Gasteiger partial charge in [0.25, 0.3) is 0 Å². The Kier molecular flexibility index (Phi) is 5.71. The SMILES string of the molecule is COC(=O)c1[nH]c2ccc(Br)cc2c1NC(=O)[C@@H](C)N1CCSCC1. The van der Waals surface area contributed by atoms with Crippen LogP contribution in [0.3, 0.4) is 0 Å². The Hall–Kier alpha value is -1.51. The number of nitrogens with one attached hydrogen (secondary N) is 2. The average Bonchev–Trinajstić information content (AvgIpc) is 2.98. The van der Waals surface area contributed by atoms with E-state index in [1.54, 1.807) is 0 Å². The maximum absolute atomic E-state index is 12.8. The van der Waals surface area contributed by atoms with Gasteiger partial charge in [-0.3, -0.25) is 9.69 Å². The van der Waals surface area contributed by atoms with E-state index in [0.29, 0.717) is 5.69 Å². The quantitative estimate of drug-likeness (QED) is 0.736. The number of nitrogens with zero attached hydrogens (tertiary/aromatic N) is 1. The third-order valence-electron chi connectivity index (χ3n) is 4.37. The van der Waals surface area contributed by atoms with Crippen molar-refractivity contribution in [1.29, 1.82) is 0 Å². The van der Waals surface area contributed by atoms with Gasteiger partial charge >= 0.3 is 5.97 Å². The monoisotopic (exact) mass is 425 g/mol. The van der Waals surface area contributed by atoms with Gasteiger partial charge in [0.2, 0.25) is 5.91 Å². The molecule has 1 aromatic carbocycles. The Labute approximate surface area is 158 Å². The molecule has 6 nitrogen and oxygen atoms in total. The molecule has 1 aliphatic heterocycles. The first-order valence-electron chi connectivity index (χ1n) is 8.03. The van der Waals surface area contributed by atoms with Gasteiger partial charge in [0.1, 0.15) is 5.69 Å². The second-order valence-corrected chi connectivity index (χ2v) is 8.01. The van der Waals surface area contributed by atoms with Crippen LogP contribution in [0.5, 0.6) is 0 Å². The number of carbonyl (C=O) groups excluding carboxylic acids is 2. The number of hydrogen-bond donors (Lipinski definition) is 2. The third kappa shape index (κ3) is 3.86. The Morgan fingerprint density at radius 3 is 2.76 bits per heavy atom. The van der Waals surface area contributed by atoms with E-state index in [2.05, 4.69) is 31.1 Å². The Balaban J connectivity index is 1.91. The molecular formula is C17H20BrN3O3S. The molecule has 0 saturated carbocycles. The molecule has 0 aliphatic carbocycles. The Bertz CT molecular complexity index is 802. The van der Waals surface area contributed by atoms with Gasteiger partial charge in [-0.05, 0) is 25.1 Å². The first-order valence-corrected chi connectivity index (χ1v) is 9.98. The highest BCUT2D eigenvalue weighted by Gasteiger charge is 2.26. The standard InChI is InChI=1S/C17H20BrN3O3S/c1-10(21-5-7-25-8-6-21)16(22)20-14-12-9-11(18)3-4-13(12)19-15(14)17(23)24-2/h3-4,9-10,19H,5-8H2,1-2H3,(H,20,22)/t10-/m1/s1. The number of aromatic nitrogens is 1. The van der Waals surface area contributed by atoms with E-state index in [1.807, 2.05) is 36.9 Å². The zero-order valence-corrected chi connectivity index (χ0v) is 16.5. The van der Waals surface area contributed by atoms with Crippen LogP contribution in [0, 0.1) is 0 Å². The van der Waals surface area contributed by atoms with Crippen molar-refractivity contribution in [2.24, 2.45) is 0 Å². The van der Waals surface area contributed by atoms with Crippen LogP contribution in [0.4, 0.5) is 5.69 Å². The van der Waals surface area contributed by atoms with Crippen molar-refractivity contribution in [2.45, 2.75) is 13.0 Å². The van der Waals surface area contributed by atoms with E-state index in [4.69, 9.17) is 4.74 Å². The number of thioether (sulfide) groups is 1. The summed E-state index contributed by atoms with van der Waals surface area (Å²) in [6.45, 7) is 3.68. The number of ether oxygens (including phenoxy) is 1. The fourth-order valence-electron chi connectivity index (χ4n) is 2.91. The lowest BCUT2D eigenvalue weighted by atomic mass is 10.2. The van der Waals surface area contributed by atoms with Gasteiger partial charge in [0.05, 0.1) is 18.8 Å². The van der Waals surface area contributed by atoms with E-state index in [9.17, 15) is 9.59 Å². The number of rotatable bonds is 4. The molecule has 8 heteroatoms. The first-order chi connectivity index (χ1) is 12.0. The number of methoxy groups -OCH3 is 1. The molecule has 0 radical (unpaired) electrons. The second-order valence-electron chi connectivity index (χ2n) is 5.87. The summed E-state index contributed by atoms with van der Waals surface area (Å²) in [4.78, 5) is 30.1. The molecule has 1 amide bonds. The molecule has 2 heterocycles. The van der Waals surface area contributed by atoms with Gasteiger partial charge in [0, 0.05) is 40.0 Å². The lowest BCUT2D eigenvalue weighted by Crippen LogP contribution is -2.46. The van der Waals surface area contributed by atoms with Crippen molar-refractivity contribution in [1.82, 2.24) is 9.88 Å². The van der Waals surface area contributed by atoms with Gasteiger partial charge in [-0.15, -0.1) is 0 Å². The van der Waals surface area contributed by atoms with Crippen LogP contribution in [0.1, 0.15) is 17.4 Å². The average molecular weight is 426 g/mol. The summed E-state index contributed by atoms with van der Waals surface area (Å²) in [5, 5.41) is 3.70. The normalized spacial score (nSPS) is 16.6. The number of esters is 1. The molecule has 134 valence electrons. The molecule has 1 saturated heterocycles. The number of hydrogen-bond acceptors (Lipinski definition) is 5. The van der Waals surface area contributed by atoms with Crippen LogP contribution in [-0.4, -0.2) is 59.5 Å². The number of halogens is 1. The first kappa shape index (κ1) is 18.3. The maximum atomic E-state index is 12.8. The minimum Gasteiger partial charge on any atom is -0.464 e. The van der Waals surface area contributed by atoms with Gasteiger partial charge in [-0.25, -0.2) is 4.79 Å². The number of amides is 1. The predicted octanol–water partition coefficient (Wildman–Crippen LogP) is 3.09. The summed E-state index contributed by atoms with van der Waals surface area (Å²) in [5.41, 5.74) is 1.48. The minimum atomic E-state index is -0.510. The molecule has 0 spiro atoms. The van der Waals surface area contributed by atoms with Crippen LogP contribution >= 0.6 is 27.7 Å². The van der Waals surface area contributed by atoms with Crippen LogP contribution < -0.4 is 5.32 Å². The number of aromatic amines is 1. The van der Waals surface area contributed by atoms with Crippen molar-refractivity contribution in [3.8, 4) is 0 Å². The number of anilines is 1. The Morgan fingerprint density at radius 1 is 1.36 bits per heavy atom. The zero-order chi connectivity index (χ0) is 18.0. The van der Waals surface area contributed by atoms with Crippen LogP contribution in [-0.2, 0) is 9.53 Å². The van der Waals surface area contributed by atoms with Crippen LogP contribution in [0.2, 0.25) is 0 Å². The zero-order valence-electron chi connectivity index (χ0n) is 14.1. The van der Waals surface area contributed by atoms with Crippen molar-refractivity contribution in [3.63, 3.8) is 0 Å². The molecule has 25 heavy (non-hydrogen) atoms. The highest BCUT2D eigenvalue weighted by atomic mass is 79.9. The number of fused-ring (bicyclic) bond motifs is 1. The van der Waals surface area contributed by atoms with E-state index in [-0.39, 0.29) is 17.6 Å². The fourth-order valence-corrected chi connectivity index (χ4v) is 4.20. The summed E-state index contributed by atoms with van der Waals surface area (Å²) in [6.07, 6.45) is 0. The molecule has 1 aromatic heterocycles. The van der Waals surface area contributed by atoms with E-state index >= 15 is 0 Å². The molecule has 0 bridgehead atoms. The number of H-pyrrole nitrogens is 1. The summed E-state index contributed by atoms with van der Waals surface area (Å²) in [5.74, 6) is 1.43. The molecule has 2 aromatic rings. The predicted molar refractivity (Wildman–Crippen MR) is 104 cm³/mol. The van der Waals surface area contributed by atoms with E-state index < -0.39 is 5.97 Å². The summed E-state index contributed by atoms with van der Waals surface area (Å²) in [7, 11) is 1.32. The molecule has 1 fully saturated rings. The number of benzene rings is 1. The van der Waals surface area contributed by atoms with Crippen LogP contribution in [0.25, 0.3) is 10.9 Å². The summed E-state index contributed by atoms with van der Waals surface area (Å²) >= 11 is 5.34. The molecule has 2 N–H and O–H groups in total. The van der Waals surface area contributed by atoms with Crippen molar-refractivity contribution in [3.05, 3.63) is 28.4 Å². The molecule has 1 atom stereocenters. The van der Waals surface area contributed by atoms with Gasteiger partial charge in [-0.2, -0.15) is 11.8 Å². The van der Waals surface area contributed by atoms with E-state index in [1.165, 1.54) is 7.11 Å². The second kappa shape index (κ2) is 7.80. The molecular weight excluding hydrogens is 406 g/mol. The van der Waals surface area contributed by atoms with Crippen LogP contribution in [0.15, 0.2) is 22.7 Å². The van der Waals surface area contributed by atoms with Gasteiger partial charge in [-0.1, -0.05) is 15.9 Å². The smallest absolute Gasteiger partial charge is 0.356 e. The lowest BCUT2D eigenvalue weighted by molar-refractivity contribution is -0.120. The summed E-state index contributed by atoms with van der Waals surface area (Å²) < 4.78 is 5.72. The third-order valence-corrected chi connectivity index (χ3v) is 5.81. The topological polar surface area (TPSA) is 74.4 Å². The van der Waals surface area contributed by atoms with Crippen molar-refractivity contribution < 1.29 is 14.3 Å². The molecule has 0 unspecified atom stereocenters. The largest absolute Gasteiger partial charge is 0.464 e. The van der Waals surface area contributed by atoms with E-state index in [0.717, 1.165) is 40.0 Å². The minimum absolute atomic E-state index is 0.127. The Morgan fingerprint density at radius 2 is 2.08 bits per heavy atom. The number of carbonyl (C=O) groups is 2. The highest BCUT2D eigenvalue weighted by molar-refractivity contribution is 9.10. The van der Waals surface area contributed by atoms with Gasteiger partial charge < -0.3 is 15.0 Å². The van der Waals surface area contributed by atoms with Gasteiger partial charge in [0.15, 0.2) is 0 Å². The molecule has 1 aliphatic rings. The van der Waals surface area contributed by atoms with Crippen molar-refractivity contribution >= 4 is 56.2 Å².